The molecule has 0 aliphatic carbocycles. The summed E-state index contributed by atoms with van der Waals surface area (Å²) in [7, 11) is 0. The Hall–Kier alpha value is -1.92. The Morgan fingerprint density at radius 2 is 2.04 bits per heavy atom. The lowest BCUT2D eigenvalue weighted by Crippen LogP contribution is -2.41. The highest BCUT2D eigenvalue weighted by molar-refractivity contribution is 5.99. The fraction of sp³-hybridized carbons (Fsp3) is 0.579. The van der Waals surface area contributed by atoms with Gasteiger partial charge in [0.1, 0.15) is 0 Å². The topological polar surface area (TPSA) is 67.9 Å². The van der Waals surface area contributed by atoms with Crippen LogP contribution in [0.3, 0.4) is 0 Å². The molecule has 1 aromatic rings. The molecule has 0 bridgehead atoms. The van der Waals surface area contributed by atoms with Crippen molar-refractivity contribution in [2.24, 2.45) is 0 Å². The minimum atomic E-state index is -0.0328. The Bertz CT molecular complexity index is 620. The van der Waals surface area contributed by atoms with E-state index in [1.165, 1.54) is 0 Å². The van der Waals surface area contributed by atoms with Crippen LogP contribution in [0, 0.1) is 6.92 Å². The summed E-state index contributed by atoms with van der Waals surface area (Å²) >= 11 is 0. The molecule has 0 aromatic heterocycles. The third kappa shape index (κ3) is 4.58. The van der Waals surface area contributed by atoms with Crippen molar-refractivity contribution in [1.29, 1.82) is 0 Å². The van der Waals surface area contributed by atoms with Crippen LogP contribution in [0.2, 0.25) is 0 Å². The van der Waals surface area contributed by atoms with Gasteiger partial charge in [-0.2, -0.15) is 0 Å². The highest BCUT2D eigenvalue weighted by Crippen LogP contribution is 2.22. The van der Waals surface area contributed by atoms with Gasteiger partial charge in [0.05, 0.1) is 19.3 Å². The maximum Gasteiger partial charge on any atom is 0.254 e. The third-order valence-electron chi connectivity index (χ3n) is 4.85. The van der Waals surface area contributed by atoms with Crippen LogP contribution >= 0.6 is 0 Å². The van der Waals surface area contributed by atoms with Gasteiger partial charge in [0.15, 0.2) is 0 Å². The van der Waals surface area contributed by atoms with E-state index in [-0.39, 0.29) is 17.9 Å². The van der Waals surface area contributed by atoms with E-state index in [2.05, 4.69) is 5.32 Å². The second-order valence-electron chi connectivity index (χ2n) is 6.60. The number of anilines is 1. The Morgan fingerprint density at radius 1 is 1.24 bits per heavy atom. The number of carbonyl (C=O) groups excluding carboxylic acids is 2. The number of rotatable bonds is 5. The van der Waals surface area contributed by atoms with E-state index in [0.29, 0.717) is 44.0 Å². The van der Waals surface area contributed by atoms with E-state index in [0.717, 1.165) is 31.4 Å². The molecule has 0 spiro atoms. The summed E-state index contributed by atoms with van der Waals surface area (Å²) < 4.78 is 10.9. The first-order chi connectivity index (χ1) is 12.1. The molecule has 0 saturated carbocycles. The number of morpholine rings is 1. The molecule has 2 aliphatic rings. The largest absolute Gasteiger partial charge is 0.378 e. The molecular formula is C19H26N2O4. The minimum absolute atomic E-state index is 0.00347. The number of amides is 2. The number of hydrogen-bond donors (Lipinski definition) is 1. The zero-order valence-electron chi connectivity index (χ0n) is 14.8. The van der Waals surface area contributed by atoms with E-state index < -0.39 is 0 Å². The van der Waals surface area contributed by atoms with Crippen LogP contribution in [-0.4, -0.2) is 55.7 Å². The molecule has 6 heteroatoms. The van der Waals surface area contributed by atoms with Crippen molar-refractivity contribution in [2.45, 2.75) is 38.7 Å². The highest BCUT2D eigenvalue weighted by atomic mass is 16.5. The molecule has 6 nitrogen and oxygen atoms in total. The smallest absolute Gasteiger partial charge is 0.254 e. The quantitative estimate of drug-likeness (QED) is 0.889. The van der Waals surface area contributed by atoms with E-state index in [1.807, 2.05) is 25.1 Å². The van der Waals surface area contributed by atoms with Crippen molar-refractivity contribution in [3.8, 4) is 0 Å². The van der Waals surface area contributed by atoms with Gasteiger partial charge in [-0.15, -0.1) is 0 Å². The van der Waals surface area contributed by atoms with Crippen LogP contribution in [-0.2, 0) is 14.3 Å². The number of hydrogen-bond acceptors (Lipinski definition) is 4. The molecule has 25 heavy (non-hydrogen) atoms. The Kier molecular flexibility index (Phi) is 6.04. The zero-order chi connectivity index (χ0) is 17.6. The molecule has 2 fully saturated rings. The van der Waals surface area contributed by atoms with Crippen molar-refractivity contribution in [3.63, 3.8) is 0 Å². The van der Waals surface area contributed by atoms with Crippen LogP contribution in [0.1, 0.15) is 41.6 Å². The number of benzene rings is 1. The van der Waals surface area contributed by atoms with Crippen LogP contribution in [0.5, 0.6) is 0 Å². The lowest BCUT2D eigenvalue weighted by Gasteiger charge is -2.27. The monoisotopic (exact) mass is 346 g/mol. The second kappa shape index (κ2) is 8.45. The first kappa shape index (κ1) is 17.9. The highest BCUT2D eigenvalue weighted by Gasteiger charge is 2.22. The van der Waals surface area contributed by atoms with Gasteiger partial charge in [-0.05, 0) is 43.9 Å². The molecule has 1 unspecified atom stereocenters. The van der Waals surface area contributed by atoms with Gasteiger partial charge in [0.2, 0.25) is 5.91 Å². The summed E-state index contributed by atoms with van der Waals surface area (Å²) in [4.78, 5) is 26.7. The normalized spacial score (nSPS) is 20.5. The SMILES string of the molecule is Cc1c(NC(=O)CCC2CCCO2)cccc1C(=O)N1CCOCC1. The summed E-state index contributed by atoms with van der Waals surface area (Å²) in [5.74, 6) is -0.0363. The van der Waals surface area contributed by atoms with Crippen LogP contribution < -0.4 is 5.32 Å². The summed E-state index contributed by atoms with van der Waals surface area (Å²) in [5, 5.41) is 2.94. The maximum atomic E-state index is 12.7. The standard InChI is InChI=1S/C19H26N2O4/c1-14-16(19(23)21-9-12-24-13-10-21)5-2-6-17(14)20-18(22)8-7-15-4-3-11-25-15/h2,5-6,15H,3-4,7-13H2,1H3,(H,20,22). The van der Waals surface area contributed by atoms with E-state index >= 15 is 0 Å². The van der Waals surface area contributed by atoms with Gasteiger partial charge < -0.3 is 19.7 Å². The number of carbonyl (C=O) groups is 2. The predicted molar refractivity (Wildman–Crippen MR) is 94.7 cm³/mol. The van der Waals surface area contributed by atoms with Gasteiger partial charge in [-0.1, -0.05) is 6.07 Å². The molecule has 1 atom stereocenters. The molecule has 0 radical (unpaired) electrons. The molecular weight excluding hydrogens is 320 g/mol. The first-order valence-corrected chi connectivity index (χ1v) is 9.03. The van der Waals surface area contributed by atoms with Gasteiger partial charge in [-0.3, -0.25) is 9.59 Å². The molecule has 2 saturated heterocycles. The molecule has 1 aromatic carbocycles. The summed E-state index contributed by atoms with van der Waals surface area (Å²) in [5.41, 5.74) is 2.15. The molecule has 136 valence electrons. The van der Waals surface area contributed by atoms with Gasteiger partial charge >= 0.3 is 0 Å². The average Bonchev–Trinajstić information content (AvgIpc) is 3.15. The van der Waals surface area contributed by atoms with Crippen molar-refractivity contribution >= 4 is 17.5 Å². The molecule has 2 aliphatic heterocycles. The third-order valence-corrected chi connectivity index (χ3v) is 4.85. The maximum absolute atomic E-state index is 12.7. The van der Waals surface area contributed by atoms with Crippen LogP contribution in [0.4, 0.5) is 5.69 Å². The Balaban J connectivity index is 1.61. The van der Waals surface area contributed by atoms with E-state index in [9.17, 15) is 9.59 Å². The Morgan fingerprint density at radius 3 is 2.76 bits per heavy atom. The van der Waals surface area contributed by atoms with Crippen LogP contribution in [0.15, 0.2) is 18.2 Å². The van der Waals surface area contributed by atoms with Crippen LogP contribution in [0.25, 0.3) is 0 Å². The molecule has 2 heterocycles. The lowest BCUT2D eigenvalue weighted by molar-refractivity contribution is -0.116. The summed E-state index contributed by atoms with van der Waals surface area (Å²) in [6.45, 7) is 5.04. The molecule has 3 rings (SSSR count). The van der Waals surface area contributed by atoms with Crippen molar-refractivity contribution in [2.75, 3.05) is 38.2 Å². The van der Waals surface area contributed by atoms with Gasteiger partial charge in [0, 0.05) is 37.4 Å². The molecule has 2 amide bonds. The second-order valence-corrected chi connectivity index (χ2v) is 6.60. The number of nitrogens with one attached hydrogen (secondary N) is 1. The Labute approximate surface area is 148 Å². The van der Waals surface area contributed by atoms with E-state index in [1.54, 1.807) is 4.90 Å². The fourth-order valence-corrected chi connectivity index (χ4v) is 3.32. The summed E-state index contributed by atoms with van der Waals surface area (Å²) in [6.07, 6.45) is 3.51. The number of ether oxygens (including phenoxy) is 2. The lowest BCUT2D eigenvalue weighted by atomic mass is 10.0. The van der Waals surface area contributed by atoms with Gasteiger partial charge in [-0.25, -0.2) is 0 Å². The average molecular weight is 346 g/mol. The zero-order valence-corrected chi connectivity index (χ0v) is 14.8. The summed E-state index contributed by atoms with van der Waals surface area (Å²) in [6, 6.07) is 5.47. The number of nitrogens with zero attached hydrogens (tertiary/aromatic N) is 1. The minimum Gasteiger partial charge on any atom is -0.378 e. The van der Waals surface area contributed by atoms with Crippen molar-refractivity contribution < 1.29 is 19.1 Å². The fourth-order valence-electron chi connectivity index (χ4n) is 3.32. The van der Waals surface area contributed by atoms with Crippen molar-refractivity contribution in [1.82, 2.24) is 4.90 Å². The van der Waals surface area contributed by atoms with E-state index in [4.69, 9.17) is 9.47 Å². The molecule has 1 N–H and O–H groups in total. The predicted octanol–water partition coefficient (Wildman–Crippen LogP) is 2.37. The first-order valence-electron chi connectivity index (χ1n) is 9.03. The van der Waals surface area contributed by atoms with Crippen molar-refractivity contribution in [3.05, 3.63) is 29.3 Å². The van der Waals surface area contributed by atoms with Gasteiger partial charge in [0.25, 0.3) is 5.91 Å².